The van der Waals surface area contributed by atoms with E-state index in [2.05, 4.69) is 15.7 Å². The zero-order valence-electron chi connectivity index (χ0n) is 13.6. The molecule has 24 heavy (non-hydrogen) atoms. The summed E-state index contributed by atoms with van der Waals surface area (Å²) in [6.07, 6.45) is 1.71. The lowest BCUT2D eigenvalue weighted by Gasteiger charge is -2.33. The number of halogens is 1. The lowest BCUT2D eigenvalue weighted by atomic mass is 9.72. The van der Waals surface area contributed by atoms with Crippen LogP contribution in [0.2, 0.25) is 5.02 Å². The number of hydrogen-bond donors (Lipinski definition) is 2. The quantitative estimate of drug-likeness (QED) is 0.771. The Morgan fingerprint density at radius 3 is 2.67 bits per heavy atom. The van der Waals surface area contributed by atoms with Crippen LogP contribution in [0.1, 0.15) is 38.3 Å². The molecule has 2 amide bonds. The van der Waals surface area contributed by atoms with Crippen LogP contribution in [0.15, 0.2) is 24.4 Å². The van der Waals surface area contributed by atoms with Gasteiger partial charge in [-0.2, -0.15) is 5.10 Å². The summed E-state index contributed by atoms with van der Waals surface area (Å²) in [6.45, 7) is 5.98. The van der Waals surface area contributed by atoms with Gasteiger partial charge in [-0.05, 0) is 32.4 Å². The Labute approximate surface area is 144 Å². The number of nitrogens with one attached hydrogen (secondary N) is 2. The van der Waals surface area contributed by atoms with Gasteiger partial charge in [0.1, 0.15) is 11.2 Å². The summed E-state index contributed by atoms with van der Waals surface area (Å²) in [5.74, 6) is 0.119. The molecule has 0 aliphatic carbocycles. The van der Waals surface area contributed by atoms with Crippen LogP contribution in [0.3, 0.4) is 0 Å². The number of benzene rings is 1. The van der Waals surface area contributed by atoms with Crippen molar-refractivity contribution in [1.82, 2.24) is 9.78 Å². The summed E-state index contributed by atoms with van der Waals surface area (Å²) in [5, 5.41) is 10.6. The van der Waals surface area contributed by atoms with E-state index in [4.69, 9.17) is 11.6 Å². The lowest BCUT2D eigenvalue weighted by Crippen LogP contribution is -2.44. The second kappa shape index (κ2) is 4.60. The number of hydrogen-bond acceptors (Lipinski definition) is 3. The Bertz CT molecular complexity index is 896. The molecule has 2 N–H and O–H groups in total. The number of anilines is 2. The van der Waals surface area contributed by atoms with Crippen LogP contribution >= 0.6 is 11.6 Å². The van der Waals surface area contributed by atoms with Crippen molar-refractivity contribution in [3.63, 3.8) is 0 Å². The number of aromatic nitrogens is 2. The fraction of sp³-hybridized carbons (Fsp3) is 0.353. The average molecular weight is 345 g/mol. The van der Waals surface area contributed by atoms with Crippen molar-refractivity contribution in [3.8, 4) is 0 Å². The first-order valence-electron chi connectivity index (χ1n) is 7.74. The second-order valence-corrected chi connectivity index (χ2v) is 7.64. The molecule has 1 aromatic heterocycles. The highest BCUT2D eigenvalue weighted by molar-refractivity contribution is 6.35. The Balaban J connectivity index is 2.03. The first-order chi connectivity index (χ1) is 11.2. The van der Waals surface area contributed by atoms with Crippen LogP contribution < -0.4 is 10.6 Å². The third kappa shape index (κ3) is 1.80. The molecule has 6 nitrogen and oxygen atoms in total. The van der Waals surface area contributed by atoms with Crippen LogP contribution in [0.25, 0.3) is 0 Å². The lowest BCUT2D eigenvalue weighted by molar-refractivity contribution is -0.125. The summed E-state index contributed by atoms with van der Waals surface area (Å²) in [5.41, 5.74) is 0.598. The summed E-state index contributed by atoms with van der Waals surface area (Å²) < 4.78 is 1.75. The highest BCUT2D eigenvalue weighted by atomic mass is 35.5. The predicted molar refractivity (Wildman–Crippen MR) is 91.3 cm³/mol. The highest BCUT2D eigenvalue weighted by Gasteiger charge is 2.55. The number of nitrogens with zero attached hydrogens (tertiary/aromatic N) is 2. The summed E-state index contributed by atoms with van der Waals surface area (Å²) in [6, 6.07) is 5.36. The molecule has 0 saturated heterocycles. The molecule has 2 aromatic rings. The van der Waals surface area contributed by atoms with Crippen LogP contribution in [0, 0.1) is 0 Å². The molecule has 1 atom stereocenters. The van der Waals surface area contributed by atoms with Gasteiger partial charge in [-0.1, -0.05) is 23.7 Å². The maximum Gasteiger partial charge on any atom is 0.240 e. The van der Waals surface area contributed by atoms with E-state index in [-0.39, 0.29) is 23.8 Å². The number of fused-ring (bicyclic) bond motifs is 4. The molecular weight excluding hydrogens is 328 g/mol. The van der Waals surface area contributed by atoms with Crippen molar-refractivity contribution in [2.24, 2.45) is 0 Å². The van der Waals surface area contributed by atoms with E-state index in [1.165, 1.54) is 0 Å². The van der Waals surface area contributed by atoms with Gasteiger partial charge < -0.3 is 10.6 Å². The fourth-order valence-corrected chi connectivity index (χ4v) is 3.82. The molecule has 3 heterocycles. The normalized spacial score (nSPS) is 22.2. The molecule has 2 aliphatic heterocycles. The van der Waals surface area contributed by atoms with Gasteiger partial charge in [0.25, 0.3) is 0 Å². The largest absolute Gasteiger partial charge is 0.323 e. The van der Waals surface area contributed by atoms with Crippen LogP contribution in [0.5, 0.6) is 0 Å². The van der Waals surface area contributed by atoms with Gasteiger partial charge in [-0.15, -0.1) is 0 Å². The van der Waals surface area contributed by atoms with Crippen LogP contribution in [-0.2, 0) is 20.5 Å². The molecule has 0 saturated carbocycles. The van der Waals surface area contributed by atoms with Gasteiger partial charge >= 0.3 is 0 Å². The van der Waals surface area contributed by atoms with Gasteiger partial charge in [-0.3, -0.25) is 9.59 Å². The van der Waals surface area contributed by atoms with E-state index in [0.717, 1.165) is 5.56 Å². The zero-order valence-corrected chi connectivity index (χ0v) is 14.4. The average Bonchev–Trinajstić information content (AvgIpc) is 3.02. The molecule has 0 bridgehead atoms. The number of para-hydroxylation sites is 1. The molecule has 0 radical (unpaired) electrons. The maximum atomic E-state index is 12.9. The van der Waals surface area contributed by atoms with Gasteiger partial charge in [0, 0.05) is 12.0 Å². The first kappa shape index (κ1) is 15.2. The summed E-state index contributed by atoms with van der Waals surface area (Å²) in [7, 11) is 0. The maximum absolute atomic E-state index is 12.9. The molecule has 7 heteroatoms. The molecule has 124 valence electrons. The Kier molecular flexibility index (Phi) is 2.91. The summed E-state index contributed by atoms with van der Waals surface area (Å²) >= 11 is 6.24. The SMILES string of the molecule is CC(C)(C)n1ncc2c1NC(=O)CC21C(=O)Nc2c(Cl)cccc21. The minimum atomic E-state index is -1.08. The molecular formula is C17H17ClN4O2. The predicted octanol–water partition coefficient (Wildman–Crippen LogP) is 2.87. The minimum Gasteiger partial charge on any atom is -0.323 e. The van der Waals surface area contributed by atoms with Gasteiger partial charge in [0.05, 0.1) is 22.4 Å². The van der Waals surface area contributed by atoms with Crippen molar-refractivity contribution >= 4 is 34.9 Å². The Hall–Kier alpha value is -2.34. The molecule has 4 rings (SSSR count). The first-order valence-corrected chi connectivity index (χ1v) is 8.12. The van der Waals surface area contributed by atoms with E-state index >= 15 is 0 Å². The minimum absolute atomic E-state index is 0.0367. The molecule has 1 aromatic carbocycles. The van der Waals surface area contributed by atoms with Gasteiger partial charge in [0.15, 0.2) is 0 Å². The standard InChI is InChI=1S/C17H17ClN4O2/c1-16(2,3)22-14-10(8-19-22)17(7-12(23)20-14)9-5-4-6-11(18)13(9)21-15(17)24/h4-6,8H,7H2,1-3H3,(H,20,23)(H,21,24). The van der Waals surface area contributed by atoms with Crippen molar-refractivity contribution in [3.05, 3.63) is 40.5 Å². The molecule has 1 unspecified atom stereocenters. The highest BCUT2D eigenvalue weighted by Crippen LogP contribution is 2.51. The van der Waals surface area contributed by atoms with Crippen molar-refractivity contribution in [2.45, 2.75) is 38.1 Å². The van der Waals surface area contributed by atoms with E-state index in [9.17, 15) is 9.59 Å². The Morgan fingerprint density at radius 2 is 1.96 bits per heavy atom. The topological polar surface area (TPSA) is 76.0 Å². The number of rotatable bonds is 0. The number of carbonyl (C=O) groups excluding carboxylic acids is 2. The third-order valence-electron chi connectivity index (χ3n) is 4.65. The number of amides is 2. The third-order valence-corrected chi connectivity index (χ3v) is 4.96. The van der Waals surface area contributed by atoms with E-state index in [0.29, 0.717) is 22.1 Å². The van der Waals surface area contributed by atoms with Gasteiger partial charge in [0.2, 0.25) is 11.8 Å². The fourth-order valence-electron chi connectivity index (χ4n) is 3.59. The van der Waals surface area contributed by atoms with E-state index in [1.54, 1.807) is 23.0 Å². The Morgan fingerprint density at radius 1 is 1.21 bits per heavy atom. The van der Waals surface area contributed by atoms with E-state index in [1.807, 2.05) is 26.8 Å². The zero-order chi connectivity index (χ0) is 17.3. The molecule has 1 spiro atoms. The molecule has 0 fully saturated rings. The smallest absolute Gasteiger partial charge is 0.240 e. The second-order valence-electron chi connectivity index (χ2n) is 7.24. The monoisotopic (exact) mass is 344 g/mol. The van der Waals surface area contributed by atoms with Gasteiger partial charge in [-0.25, -0.2) is 4.68 Å². The van der Waals surface area contributed by atoms with Crippen LogP contribution in [-0.4, -0.2) is 21.6 Å². The summed E-state index contributed by atoms with van der Waals surface area (Å²) in [4.78, 5) is 25.4. The van der Waals surface area contributed by atoms with Crippen molar-refractivity contribution in [1.29, 1.82) is 0 Å². The molecule has 2 aliphatic rings. The van der Waals surface area contributed by atoms with Crippen molar-refractivity contribution < 1.29 is 9.59 Å². The van der Waals surface area contributed by atoms with Crippen molar-refractivity contribution in [2.75, 3.05) is 10.6 Å². The number of carbonyl (C=O) groups is 2. The van der Waals surface area contributed by atoms with E-state index < -0.39 is 5.41 Å². The van der Waals surface area contributed by atoms with Crippen LogP contribution in [0.4, 0.5) is 11.5 Å².